The van der Waals surface area contributed by atoms with Crippen LogP contribution < -0.4 is 0 Å². The van der Waals surface area contributed by atoms with Crippen molar-refractivity contribution in [1.29, 1.82) is 0 Å². The van der Waals surface area contributed by atoms with Crippen LogP contribution in [0.1, 0.15) is 41.5 Å². The monoisotopic (exact) mass is 338 g/mol. The molecule has 0 aliphatic heterocycles. The number of carbonyl (C=O) groups excluding carboxylic acids is 1. The van der Waals surface area contributed by atoms with Crippen molar-refractivity contribution >= 4 is 5.97 Å². The third kappa shape index (κ3) is 3.94. The van der Waals surface area contributed by atoms with E-state index >= 15 is 0 Å². The molecule has 3 rings (SSSR count). The number of rotatable bonds is 5. The molecule has 0 amide bonds. The molecule has 5 heteroatoms. The van der Waals surface area contributed by atoms with Crippen molar-refractivity contribution in [2.75, 3.05) is 0 Å². The van der Waals surface area contributed by atoms with E-state index in [1.807, 2.05) is 44.2 Å². The Kier molecular flexibility index (Phi) is 4.93. The number of esters is 1. The van der Waals surface area contributed by atoms with Gasteiger partial charge >= 0.3 is 5.97 Å². The van der Waals surface area contributed by atoms with Crippen LogP contribution in [0.5, 0.6) is 0 Å². The van der Waals surface area contributed by atoms with Crippen molar-refractivity contribution in [1.82, 2.24) is 9.97 Å². The van der Waals surface area contributed by atoms with Gasteiger partial charge < -0.3 is 9.72 Å². The summed E-state index contributed by atoms with van der Waals surface area (Å²) in [5.74, 6) is -0.199. The van der Waals surface area contributed by atoms with Gasteiger partial charge in [0.2, 0.25) is 0 Å². The highest BCUT2D eigenvalue weighted by Gasteiger charge is 2.21. The molecule has 2 aromatic carbocycles. The highest BCUT2D eigenvalue weighted by Crippen LogP contribution is 2.24. The maximum Gasteiger partial charge on any atom is 0.359 e. The molecule has 4 nitrogen and oxygen atoms in total. The Morgan fingerprint density at radius 2 is 1.80 bits per heavy atom. The van der Waals surface area contributed by atoms with Crippen LogP contribution in [-0.4, -0.2) is 15.9 Å². The molecule has 128 valence electrons. The van der Waals surface area contributed by atoms with Crippen molar-refractivity contribution in [3.63, 3.8) is 0 Å². The average molecular weight is 338 g/mol. The Bertz CT molecular complexity index is 855. The van der Waals surface area contributed by atoms with Gasteiger partial charge in [-0.25, -0.2) is 14.2 Å². The molecule has 0 radical (unpaired) electrons. The summed E-state index contributed by atoms with van der Waals surface area (Å²) in [7, 11) is 0. The van der Waals surface area contributed by atoms with Crippen LogP contribution in [0.3, 0.4) is 0 Å². The first-order valence-corrected chi connectivity index (χ1v) is 8.11. The van der Waals surface area contributed by atoms with E-state index in [0.717, 1.165) is 5.56 Å². The molecule has 25 heavy (non-hydrogen) atoms. The van der Waals surface area contributed by atoms with Crippen molar-refractivity contribution in [2.45, 2.75) is 26.4 Å². The zero-order chi connectivity index (χ0) is 17.8. The number of H-pyrrole nitrogens is 1. The molecule has 0 spiro atoms. The van der Waals surface area contributed by atoms with E-state index in [1.54, 1.807) is 12.1 Å². The van der Waals surface area contributed by atoms with E-state index in [4.69, 9.17) is 4.74 Å². The summed E-state index contributed by atoms with van der Waals surface area (Å²) in [6.45, 7) is 4.13. The Hall–Kier alpha value is -2.95. The number of carbonyl (C=O) groups is 1. The highest BCUT2D eigenvalue weighted by molar-refractivity contribution is 5.89. The second-order valence-corrected chi connectivity index (χ2v) is 6.07. The summed E-state index contributed by atoms with van der Waals surface area (Å²) in [5.41, 5.74) is 2.60. The summed E-state index contributed by atoms with van der Waals surface area (Å²) in [6.07, 6.45) is 0. The number of aromatic nitrogens is 2. The SMILES string of the molecule is CC(C)c1[nH]c(-c2ccc(F)cc2)nc1C(=O)OCc1ccccc1. The smallest absolute Gasteiger partial charge is 0.359 e. The normalized spacial score (nSPS) is 10.9. The van der Waals surface area contributed by atoms with Crippen LogP contribution in [0.15, 0.2) is 54.6 Å². The summed E-state index contributed by atoms with van der Waals surface area (Å²) in [4.78, 5) is 20.0. The standard InChI is InChI=1S/C20H19FN2O2/c1-13(2)17-18(20(24)25-12-14-6-4-3-5-7-14)23-19(22-17)15-8-10-16(21)11-9-15/h3-11,13H,12H2,1-2H3,(H,22,23). The first-order valence-electron chi connectivity index (χ1n) is 8.11. The molecular weight excluding hydrogens is 319 g/mol. The molecular formula is C20H19FN2O2. The van der Waals surface area contributed by atoms with Gasteiger partial charge in [-0.05, 0) is 35.7 Å². The zero-order valence-corrected chi connectivity index (χ0v) is 14.1. The minimum Gasteiger partial charge on any atom is -0.456 e. The predicted octanol–water partition coefficient (Wildman–Crippen LogP) is 4.70. The van der Waals surface area contributed by atoms with Gasteiger partial charge in [0.05, 0.1) is 5.69 Å². The lowest BCUT2D eigenvalue weighted by Gasteiger charge is -2.06. The molecule has 0 unspecified atom stereocenters. The lowest BCUT2D eigenvalue weighted by atomic mass is 10.1. The molecule has 0 fully saturated rings. The molecule has 0 saturated heterocycles. The fraction of sp³-hybridized carbons (Fsp3) is 0.200. The van der Waals surface area contributed by atoms with Crippen LogP contribution in [0, 0.1) is 5.82 Å². The number of hydrogen-bond donors (Lipinski definition) is 1. The molecule has 0 saturated carbocycles. The second-order valence-electron chi connectivity index (χ2n) is 6.07. The molecule has 0 atom stereocenters. The van der Waals surface area contributed by atoms with Crippen LogP contribution in [0.25, 0.3) is 11.4 Å². The van der Waals surface area contributed by atoms with Crippen molar-refractivity contribution in [3.8, 4) is 11.4 Å². The third-order valence-electron chi connectivity index (χ3n) is 3.83. The van der Waals surface area contributed by atoms with Gasteiger partial charge in [0, 0.05) is 5.56 Å². The fourth-order valence-corrected chi connectivity index (χ4v) is 2.50. The molecule has 1 aromatic heterocycles. The molecule has 1 N–H and O–H groups in total. The van der Waals surface area contributed by atoms with E-state index in [9.17, 15) is 9.18 Å². The van der Waals surface area contributed by atoms with Gasteiger partial charge in [0.1, 0.15) is 18.2 Å². The van der Waals surface area contributed by atoms with Crippen molar-refractivity contribution < 1.29 is 13.9 Å². The quantitative estimate of drug-likeness (QED) is 0.686. The van der Waals surface area contributed by atoms with E-state index in [-0.39, 0.29) is 24.0 Å². The van der Waals surface area contributed by atoms with E-state index in [2.05, 4.69) is 9.97 Å². The maximum atomic E-state index is 13.1. The van der Waals surface area contributed by atoms with Crippen LogP contribution in [0.4, 0.5) is 4.39 Å². The zero-order valence-electron chi connectivity index (χ0n) is 14.1. The molecule has 3 aromatic rings. The van der Waals surface area contributed by atoms with Gasteiger partial charge in [-0.15, -0.1) is 0 Å². The largest absolute Gasteiger partial charge is 0.456 e. The summed E-state index contributed by atoms with van der Waals surface area (Å²) in [6, 6.07) is 15.4. The van der Waals surface area contributed by atoms with E-state index in [0.29, 0.717) is 17.1 Å². The number of nitrogens with one attached hydrogen (secondary N) is 1. The van der Waals surface area contributed by atoms with Gasteiger partial charge in [0.15, 0.2) is 5.69 Å². The lowest BCUT2D eigenvalue weighted by molar-refractivity contribution is 0.0464. The number of aromatic amines is 1. The molecule has 0 aliphatic carbocycles. The van der Waals surface area contributed by atoms with Crippen LogP contribution >= 0.6 is 0 Å². The molecule has 0 bridgehead atoms. The van der Waals surface area contributed by atoms with E-state index in [1.165, 1.54) is 12.1 Å². The number of hydrogen-bond acceptors (Lipinski definition) is 3. The number of imidazole rings is 1. The average Bonchev–Trinajstić information content (AvgIpc) is 3.07. The van der Waals surface area contributed by atoms with Gasteiger partial charge in [-0.2, -0.15) is 0 Å². The first kappa shape index (κ1) is 16.9. The molecule has 0 aliphatic rings. The lowest BCUT2D eigenvalue weighted by Crippen LogP contribution is -2.09. The van der Waals surface area contributed by atoms with Crippen LogP contribution in [0.2, 0.25) is 0 Å². The van der Waals surface area contributed by atoms with Gasteiger partial charge in [0.25, 0.3) is 0 Å². The topological polar surface area (TPSA) is 55.0 Å². The number of benzene rings is 2. The van der Waals surface area contributed by atoms with E-state index < -0.39 is 5.97 Å². The summed E-state index contributed by atoms with van der Waals surface area (Å²) in [5, 5.41) is 0. The van der Waals surface area contributed by atoms with Crippen LogP contribution in [-0.2, 0) is 11.3 Å². The van der Waals surface area contributed by atoms with Crippen molar-refractivity contribution in [3.05, 3.63) is 77.4 Å². The summed E-state index contributed by atoms with van der Waals surface area (Å²) >= 11 is 0. The van der Waals surface area contributed by atoms with Gasteiger partial charge in [-0.3, -0.25) is 0 Å². The highest BCUT2D eigenvalue weighted by atomic mass is 19.1. The number of ether oxygens (including phenoxy) is 1. The maximum absolute atomic E-state index is 13.1. The Morgan fingerprint density at radius 3 is 2.44 bits per heavy atom. The summed E-state index contributed by atoms with van der Waals surface area (Å²) < 4.78 is 18.5. The Morgan fingerprint density at radius 1 is 1.12 bits per heavy atom. The van der Waals surface area contributed by atoms with Crippen molar-refractivity contribution in [2.24, 2.45) is 0 Å². The first-order chi connectivity index (χ1) is 12.0. The molecule has 1 heterocycles. The minimum atomic E-state index is -0.475. The minimum absolute atomic E-state index is 0.0703. The fourth-order valence-electron chi connectivity index (χ4n) is 2.50. The number of halogens is 1. The Labute approximate surface area is 145 Å². The number of nitrogens with zero attached hydrogens (tertiary/aromatic N) is 1. The predicted molar refractivity (Wildman–Crippen MR) is 93.6 cm³/mol. The second kappa shape index (κ2) is 7.30. The van der Waals surface area contributed by atoms with Gasteiger partial charge in [-0.1, -0.05) is 44.2 Å². The Balaban J connectivity index is 1.84. The third-order valence-corrected chi connectivity index (χ3v) is 3.83.